The fourth-order valence-electron chi connectivity index (χ4n) is 3.13. The van der Waals surface area contributed by atoms with Gasteiger partial charge in [0.2, 0.25) is 0 Å². The summed E-state index contributed by atoms with van der Waals surface area (Å²) in [6.07, 6.45) is 3.44. The van der Waals surface area contributed by atoms with Crippen molar-refractivity contribution in [1.82, 2.24) is 0 Å². The number of benzene rings is 3. The molecule has 0 aliphatic heterocycles. The van der Waals surface area contributed by atoms with Crippen molar-refractivity contribution < 1.29 is 55.9 Å². The molecule has 4 rings (SSSR count). The number of carbonyl (C=O) groups excluding carboxylic acids is 3. The molecular formula is C31H30O6Zr. The molecule has 0 saturated heterocycles. The summed E-state index contributed by atoms with van der Waals surface area (Å²) in [6.45, 7) is 10.9. The van der Waals surface area contributed by atoms with E-state index in [1.807, 2.05) is 0 Å². The first-order chi connectivity index (χ1) is 17.4. The molecule has 194 valence electrons. The molecule has 38 heavy (non-hydrogen) atoms. The number of carboxylic acid groups (broad SMARTS) is 3. The Balaban J connectivity index is 0.000000477. The van der Waals surface area contributed by atoms with Crippen LogP contribution in [-0.2, 0) is 26.2 Å². The minimum Gasteiger partial charge on any atom is -0.545 e. The summed E-state index contributed by atoms with van der Waals surface area (Å²) in [5.74, 6) is -3.39. The smallest absolute Gasteiger partial charge is 0.545 e. The monoisotopic (exact) mass is 588 g/mol. The minimum absolute atomic E-state index is 0. The molecule has 0 unspecified atom stereocenters. The predicted octanol–water partition coefficient (Wildman–Crippen LogP) is 3.26. The summed E-state index contributed by atoms with van der Waals surface area (Å²) in [5, 5.41) is 30.3. The van der Waals surface area contributed by atoms with Gasteiger partial charge in [0.05, 0.1) is 17.9 Å². The third-order valence-corrected chi connectivity index (χ3v) is 5.59. The van der Waals surface area contributed by atoms with Gasteiger partial charge < -0.3 is 29.7 Å². The number of carboxylic acids is 3. The molecule has 0 spiro atoms. The number of rotatable bonds is 3. The van der Waals surface area contributed by atoms with Crippen molar-refractivity contribution >= 4 is 17.9 Å². The summed E-state index contributed by atoms with van der Waals surface area (Å²) < 4.78 is 0. The first-order valence-corrected chi connectivity index (χ1v) is 11.5. The normalized spacial score (nSPS) is 12.5. The van der Waals surface area contributed by atoms with E-state index in [4.69, 9.17) is 0 Å². The molecule has 0 N–H and O–H groups in total. The van der Waals surface area contributed by atoms with Crippen LogP contribution in [0.25, 0.3) is 0 Å². The molecule has 1 aliphatic carbocycles. The van der Waals surface area contributed by atoms with Gasteiger partial charge in [-0.15, -0.1) is 6.92 Å². The van der Waals surface area contributed by atoms with Crippen molar-refractivity contribution in [2.45, 2.75) is 34.6 Å². The number of hydrogen-bond acceptors (Lipinski definition) is 6. The number of carbonyl (C=O) groups is 3. The molecule has 7 heteroatoms. The SMILES string of the molecule is CC1=[C-]C(C)(C)C(C)=C1C.O=C([O-])c1ccccc1.O=C([O-])c1ccccc1.O=C([O-])c1ccccc1.[Zr+4]. The molecule has 0 amide bonds. The Morgan fingerprint density at radius 2 is 0.842 bits per heavy atom. The summed E-state index contributed by atoms with van der Waals surface area (Å²) in [4.78, 5) is 30.3. The zero-order valence-electron chi connectivity index (χ0n) is 22.1. The Bertz CT molecular complexity index is 1110. The van der Waals surface area contributed by atoms with E-state index in [1.165, 1.54) is 53.1 Å². The average molecular weight is 590 g/mol. The second-order valence-electron chi connectivity index (χ2n) is 8.59. The van der Waals surface area contributed by atoms with E-state index in [2.05, 4.69) is 40.7 Å². The van der Waals surface area contributed by atoms with Crippen molar-refractivity contribution in [3.05, 3.63) is 130 Å². The second-order valence-corrected chi connectivity index (χ2v) is 8.59. The molecule has 3 aromatic rings. The minimum atomic E-state index is -1.13. The van der Waals surface area contributed by atoms with Crippen LogP contribution < -0.4 is 15.3 Å². The predicted molar refractivity (Wildman–Crippen MR) is 137 cm³/mol. The Kier molecular flexibility index (Phi) is 15.4. The van der Waals surface area contributed by atoms with E-state index in [9.17, 15) is 29.7 Å². The van der Waals surface area contributed by atoms with Gasteiger partial charge in [-0.05, 0) is 16.7 Å². The van der Waals surface area contributed by atoms with E-state index in [0.29, 0.717) is 0 Å². The van der Waals surface area contributed by atoms with Gasteiger partial charge >= 0.3 is 26.2 Å². The topological polar surface area (TPSA) is 120 Å². The van der Waals surface area contributed by atoms with Gasteiger partial charge in [0.15, 0.2) is 0 Å². The maximum atomic E-state index is 10.1. The van der Waals surface area contributed by atoms with Crippen LogP contribution in [0.4, 0.5) is 0 Å². The van der Waals surface area contributed by atoms with E-state index in [0.717, 1.165) is 0 Å². The second kappa shape index (κ2) is 17.0. The van der Waals surface area contributed by atoms with E-state index >= 15 is 0 Å². The van der Waals surface area contributed by atoms with Crippen molar-refractivity contribution in [3.63, 3.8) is 0 Å². The fourth-order valence-corrected chi connectivity index (χ4v) is 3.13. The molecular weight excluding hydrogens is 560 g/mol. The first-order valence-electron chi connectivity index (χ1n) is 11.5. The Hall–Kier alpha value is -3.57. The summed E-state index contributed by atoms with van der Waals surface area (Å²) >= 11 is 0. The first kappa shape index (κ1) is 34.4. The largest absolute Gasteiger partial charge is 4.00 e. The van der Waals surface area contributed by atoms with Crippen LogP contribution >= 0.6 is 0 Å². The average Bonchev–Trinajstić information content (AvgIpc) is 3.07. The maximum Gasteiger partial charge on any atom is 4.00 e. The molecule has 0 saturated carbocycles. The van der Waals surface area contributed by atoms with Crippen LogP contribution in [0.1, 0.15) is 65.7 Å². The summed E-state index contributed by atoms with van der Waals surface area (Å²) in [6, 6.07) is 24.2. The van der Waals surface area contributed by atoms with Crippen LogP contribution in [-0.4, -0.2) is 17.9 Å². The van der Waals surface area contributed by atoms with E-state index < -0.39 is 17.9 Å². The standard InChI is InChI=1S/C10H15.3C7H6O2.Zr/c1-7-6-10(4,5)9(3)8(7)2;3*8-7(9)6-4-2-1-3-5-6;/h1-5H3;3*1-5H,(H,8,9);/q-1;;;;+4/p-3. The van der Waals surface area contributed by atoms with Gasteiger partial charge in [-0.1, -0.05) is 124 Å². The molecule has 0 bridgehead atoms. The zero-order chi connectivity index (χ0) is 28.0. The molecule has 0 atom stereocenters. The fraction of sp³-hybridized carbons (Fsp3) is 0.194. The number of aromatic carboxylic acids is 3. The molecule has 6 nitrogen and oxygen atoms in total. The maximum absolute atomic E-state index is 10.1. The van der Waals surface area contributed by atoms with E-state index in [-0.39, 0.29) is 48.3 Å². The quantitative estimate of drug-likeness (QED) is 0.433. The van der Waals surface area contributed by atoms with Crippen molar-refractivity contribution in [1.29, 1.82) is 0 Å². The Morgan fingerprint density at radius 1 is 0.579 bits per heavy atom. The van der Waals surface area contributed by atoms with Crippen molar-refractivity contribution in [2.24, 2.45) is 5.41 Å². The van der Waals surface area contributed by atoms with Gasteiger partial charge in [0.25, 0.3) is 0 Å². The summed E-state index contributed by atoms with van der Waals surface area (Å²) in [7, 11) is 0. The van der Waals surface area contributed by atoms with Crippen molar-refractivity contribution in [2.75, 3.05) is 0 Å². The zero-order valence-corrected chi connectivity index (χ0v) is 24.6. The van der Waals surface area contributed by atoms with Gasteiger partial charge in [-0.2, -0.15) is 11.1 Å². The molecule has 0 radical (unpaired) electrons. The van der Waals surface area contributed by atoms with Gasteiger partial charge in [0, 0.05) is 0 Å². The van der Waals surface area contributed by atoms with Crippen LogP contribution in [0.15, 0.2) is 108 Å². The van der Waals surface area contributed by atoms with Crippen LogP contribution in [0.5, 0.6) is 0 Å². The summed E-state index contributed by atoms with van der Waals surface area (Å²) in [5.41, 5.74) is 5.05. The van der Waals surface area contributed by atoms with Crippen LogP contribution in [0, 0.1) is 11.5 Å². The van der Waals surface area contributed by atoms with E-state index in [1.54, 1.807) is 54.6 Å². The number of allylic oxidation sites excluding steroid dienone is 4. The molecule has 1 aliphatic rings. The molecule has 0 aromatic heterocycles. The van der Waals surface area contributed by atoms with Gasteiger partial charge in [0.1, 0.15) is 0 Å². The molecule has 3 aromatic carbocycles. The third kappa shape index (κ3) is 12.1. The van der Waals surface area contributed by atoms with Gasteiger partial charge in [-0.3, -0.25) is 6.08 Å². The van der Waals surface area contributed by atoms with Gasteiger partial charge in [-0.25, -0.2) is 5.57 Å². The number of hydrogen-bond donors (Lipinski definition) is 0. The van der Waals surface area contributed by atoms with Crippen LogP contribution in [0.2, 0.25) is 0 Å². The van der Waals surface area contributed by atoms with Crippen molar-refractivity contribution in [3.8, 4) is 0 Å². The Morgan fingerprint density at radius 3 is 0.947 bits per heavy atom. The third-order valence-electron chi connectivity index (χ3n) is 5.59. The Labute approximate surface area is 243 Å². The molecule has 0 fully saturated rings. The van der Waals surface area contributed by atoms with Crippen LogP contribution in [0.3, 0.4) is 0 Å². The molecule has 0 heterocycles.